The summed E-state index contributed by atoms with van der Waals surface area (Å²) in [5.74, 6) is 0.516. The van der Waals surface area contributed by atoms with E-state index in [0.717, 1.165) is 25.7 Å². The molecule has 0 heterocycles. The van der Waals surface area contributed by atoms with Gasteiger partial charge in [0.05, 0.1) is 24.7 Å². The lowest BCUT2D eigenvalue weighted by atomic mass is 9.99. The van der Waals surface area contributed by atoms with Crippen LogP contribution in [-0.2, 0) is 4.74 Å². The predicted octanol–water partition coefficient (Wildman–Crippen LogP) is 3.62. The summed E-state index contributed by atoms with van der Waals surface area (Å²) in [4.78, 5) is 0. The highest BCUT2D eigenvalue weighted by molar-refractivity contribution is 4.84. The number of allylic oxidation sites excluding steroid dienone is 2. The first-order valence-corrected chi connectivity index (χ1v) is 7.34. The smallest absolute Gasteiger partial charge is 0.0861 e. The van der Waals surface area contributed by atoms with E-state index < -0.39 is 0 Å². The molecule has 0 aliphatic carbocycles. The normalized spacial score (nSPS) is 18.6. The van der Waals surface area contributed by atoms with Crippen molar-refractivity contribution < 1.29 is 14.9 Å². The molecule has 0 amide bonds. The minimum absolute atomic E-state index is 0.239. The molecular weight excluding hydrogens is 240 g/mol. The van der Waals surface area contributed by atoms with Crippen LogP contribution in [0.1, 0.15) is 53.4 Å². The first kappa shape index (κ1) is 18.2. The molecule has 2 N–H and O–H groups in total. The Morgan fingerprint density at radius 3 is 1.53 bits per heavy atom. The van der Waals surface area contributed by atoms with E-state index in [0.29, 0.717) is 0 Å². The highest BCUT2D eigenvalue weighted by Gasteiger charge is 2.10. The molecule has 0 bridgehead atoms. The Morgan fingerprint density at radius 2 is 1.21 bits per heavy atom. The SMILES string of the molecule is CCC(O)C(C)CC=COC=CCC(C)C(O)CC. The fourth-order valence-electron chi connectivity index (χ4n) is 1.82. The van der Waals surface area contributed by atoms with Gasteiger partial charge >= 0.3 is 0 Å². The second-order valence-electron chi connectivity index (χ2n) is 5.26. The summed E-state index contributed by atoms with van der Waals surface area (Å²) in [5.41, 5.74) is 0. The molecule has 19 heavy (non-hydrogen) atoms. The molecule has 0 aromatic heterocycles. The van der Waals surface area contributed by atoms with Crippen LogP contribution in [0.15, 0.2) is 24.7 Å². The van der Waals surface area contributed by atoms with Gasteiger partial charge in [0.15, 0.2) is 0 Å². The Labute approximate surface area is 118 Å². The zero-order valence-electron chi connectivity index (χ0n) is 12.7. The number of hydrogen-bond acceptors (Lipinski definition) is 3. The van der Waals surface area contributed by atoms with Crippen molar-refractivity contribution in [2.75, 3.05) is 0 Å². The van der Waals surface area contributed by atoms with Gasteiger partial charge in [0.2, 0.25) is 0 Å². The van der Waals surface area contributed by atoms with E-state index >= 15 is 0 Å². The highest BCUT2D eigenvalue weighted by Crippen LogP contribution is 2.12. The Bertz CT molecular complexity index is 235. The molecule has 0 aromatic rings. The summed E-state index contributed by atoms with van der Waals surface area (Å²) < 4.78 is 5.24. The van der Waals surface area contributed by atoms with Crippen LogP contribution in [0, 0.1) is 11.8 Å². The van der Waals surface area contributed by atoms with Crippen molar-refractivity contribution in [2.24, 2.45) is 11.8 Å². The molecule has 4 atom stereocenters. The Kier molecular flexibility index (Phi) is 10.6. The standard InChI is InChI=1S/C16H30O3/c1-5-15(17)13(3)9-7-11-19-12-8-10-14(4)16(18)6-2/h7-8,11-18H,5-6,9-10H2,1-4H3. The third-order valence-electron chi connectivity index (χ3n) is 3.52. The van der Waals surface area contributed by atoms with Gasteiger partial charge in [-0.2, -0.15) is 0 Å². The monoisotopic (exact) mass is 270 g/mol. The van der Waals surface area contributed by atoms with Gasteiger partial charge in [-0.3, -0.25) is 0 Å². The summed E-state index contributed by atoms with van der Waals surface area (Å²) in [5, 5.41) is 19.2. The lowest BCUT2D eigenvalue weighted by Gasteiger charge is -2.14. The fourth-order valence-corrected chi connectivity index (χ4v) is 1.82. The van der Waals surface area contributed by atoms with E-state index in [-0.39, 0.29) is 24.0 Å². The first-order valence-electron chi connectivity index (χ1n) is 7.34. The average molecular weight is 270 g/mol. The summed E-state index contributed by atoms with van der Waals surface area (Å²) in [6, 6.07) is 0. The van der Waals surface area contributed by atoms with Crippen LogP contribution in [-0.4, -0.2) is 22.4 Å². The zero-order valence-corrected chi connectivity index (χ0v) is 12.7. The molecule has 0 fully saturated rings. The van der Waals surface area contributed by atoms with Crippen molar-refractivity contribution in [3.63, 3.8) is 0 Å². The van der Waals surface area contributed by atoms with E-state index in [2.05, 4.69) is 0 Å². The summed E-state index contributed by atoms with van der Waals surface area (Å²) in [7, 11) is 0. The number of aliphatic hydroxyl groups excluding tert-OH is 2. The van der Waals surface area contributed by atoms with Gasteiger partial charge in [-0.05, 0) is 49.7 Å². The second-order valence-corrected chi connectivity index (χ2v) is 5.26. The molecule has 0 aliphatic heterocycles. The molecule has 0 radical (unpaired) electrons. The Morgan fingerprint density at radius 1 is 0.842 bits per heavy atom. The first-order chi connectivity index (χ1) is 9.02. The second kappa shape index (κ2) is 11.1. The maximum absolute atomic E-state index is 9.59. The van der Waals surface area contributed by atoms with E-state index in [1.807, 2.05) is 39.8 Å². The minimum Gasteiger partial charge on any atom is -0.473 e. The summed E-state index contributed by atoms with van der Waals surface area (Å²) in [6.07, 6.45) is 9.87. The van der Waals surface area contributed by atoms with Crippen LogP contribution in [0.25, 0.3) is 0 Å². The Hall–Kier alpha value is -0.800. The van der Waals surface area contributed by atoms with Gasteiger partial charge in [-0.15, -0.1) is 0 Å². The number of hydrogen-bond donors (Lipinski definition) is 2. The van der Waals surface area contributed by atoms with Crippen molar-refractivity contribution in [1.82, 2.24) is 0 Å². The molecule has 0 rings (SSSR count). The highest BCUT2D eigenvalue weighted by atomic mass is 16.5. The van der Waals surface area contributed by atoms with Gasteiger partial charge < -0.3 is 14.9 Å². The molecule has 3 nitrogen and oxygen atoms in total. The minimum atomic E-state index is -0.239. The fraction of sp³-hybridized carbons (Fsp3) is 0.750. The third kappa shape index (κ3) is 8.84. The molecular formula is C16H30O3. The van der Waals surface area contributed by atoms with Crippen LogP contribution >= 0.6 is 0 Å². The largest absolute Gasteiger partial charge is 0.473 e. The molecule has 0 aromatic carbocycles. The van der Waals surface area contributed by atoms with Crippen molar-refractivity contribution in [3.8, 4) is 0 Å². The lowest BCUT2D eigenvalue weighted by Crippen LogP contribution is -2.15. The van der Waals surface area contributed by atoms with Gasteiger partial charge in [-0.25, -0.2) is 0 Å². The average Bonchev–Trinajstić information content (AvgIpc) is 2.43. The number of ether oxygens (including phenoxy) is 1. The Balaban J connectivity index is 3.73. The third-order valence-corrected chi connectivity index (χ3v) is 3.52. The van der Waals surface area contributed by atoms with Crippen LogP contribution in [0.4, 0.5) is 0 Å². The van der Waals surface area contributed by atoms with Crippen molar-refractivity contribution in [3.05, 3.63) is 24.7 Å². The van der Waals surface area contributed by atoms with Gasteiger partial charge in [0, 0.05) is 0 Å². The van der Waals surface area contributed by atoms with Gasteiger partial charge in [-0.1, -0.05) is 27.7 Å². The molecule has 0 aliphatic rings. The van der Waals surface area contributed by atoms with E-state index in [9.17, 15) is 10.2 Å². The van der Waals surface area contributed by atoms with Crippen LogP contribution < -0.4 is 0 Å². The molecule has 0 spiro atoms. The van der Waals surface area contributed by atoms with E-state index in [1.54, 1.807) is 12.5 Å². The van der Waals surface area contributed by atoms with Crippen LogP contribution in [0.5, 0.6) is 0 Å². The van der Waals surface area contributed by atoms with Gasteiger partial charge in [0.1, 0.15) is 0 Å². The summed E-state index contributed by atoms with van der Waals surface area (Å²) >= 11 is 0. The van der Waals surface area contributed by atoms with Gasteiger partial charge in [0.25, 0.3) is 0 Å². The molecule has 0 saturated carbocycles. The van der Waals surface area contributed by atoms with Crippen molar-refractivity contribution in [2.45, 2.75) is 65.6 Å². The maximum Gasteiger partial charge on any atom is 0.0861 e. The predicted molar refractivity (Wildman–Crippen MR) is 79.5 cm³/mol. The molecule has 0 saturated heterocycles. The van der Waals surface area contributed by atoms with Crippen molar-refractivity contribution in [1.29, 1.82) is 0 Å². The summed E-state index contributed by atoms with van der Waals surface area (Å²) in [6.45, 7) is 8.02. The molecule has 4 unspecified atom stereocenters. The number of rotatable bonds is 10. The number of aliphatic hydroxyl groups is 2. The van der Waals surface area contributed by atoms with Crippen LogP contribution in [0.3, 0.4) is 0 Å². The van der Waals surface area contributed by atoms with E-state index in [1.165, 1.54) is 0 Å². The molecule has 112 valence electrons. The van der Waals surface area contributed by atoms with Crippen molar-refractivity contribution >= 4 is 0 Å². The van der Waals surface area contributed by atoms with E-state index in [4.69, 9.17) is 4.74 Å². The molecule has 3 heteroatoms. The topological polar surface area (TPSA) is 49.7 Å². The lowest BCUT2D eigenvalue weighted by molar-refractivity contribution is 0.113. The zero-order chi connectivity index (χ0) is 14.7. The maximum atomic E-state index is 9.59. The van der Waals surface area contributed by atoms with Crippen LogP contribution in [0.2, 0.25) is 0 Å². The quantitative estimate of drug-likeness (QED) is 0.596.